The summed E-state index contributed by atoms with van der Waals surface area (Å²) in [7, 11) is 0. The lowest BCUT2D eigenvalue weighted by molar-refractivity contribution is -0.149. The Labute approximate surface area is 72.1 Å². The smallest absolute Gasteiger partial charge is 0.111 e. The van der Waals surface area contributed by atoms with Gasteiger partial charge in [-0.15, -0.1) is 0 Å². The van der Waals surface area contributed by atoms with Crippen LogP contribution in [0.5, 0.6) is 0 Å². The lowest BCUT2D eigenvalue weighted by atomic mass is 9.87. The molecule has 5 N–H and O–H groups in total. The van der Waals surface area contributed by atoms with E-state index in [-0.39, 0.29) is 13.2 Å². The predicted molar refractivity (Wildman–Crippen MR) is 41.5 cm³/mol. The molecule has 4 atom stereocenters. The lowest BCUT2D eigenvalue weighted by Crippen LogP contribution is -2.66. The quantitative estimate of drug-likeness (QED) is 0.304. The van der Waals surface area contributed by atoms with Crippen LogP contribution >= 0.6 is 0 Å². The van der Waals surface area contributed by atoms with Gasteiger partial charge < -0.3 is 25.7 Å². The van der Waals surface area contributed by atoms with Crippen molar-refractivity contribution >= 4 is 0 Å². The summed E-state index contributed by atoms with van der Waals surface area (Å²) >= 11 is 0. The van der Waals surface area contributed by atoms with E-state index in [1.807, 2.05) is 0 Å². The second-order valence-corrected chi connectivity index (χ2v) is 3.21. The molecule has 5 heteroatoms. The summed E-state index contributed by atoms with van der Waals surface area (Å²) in [4.78, 5) is 0. The van der Waals surface area contributed by atoms with Crippen LogP contribution < -0.4 is 5.32 Å². The van der Waals surface area contributed by atoms with Crippen molar-refractivity contribution in [1.82, 2.24) is 5.32 Å². The molecular formula is C7H15NO4. The molecule has 5 nitrogen and oxygen atoms in total. The molecule has 1 rings (SSSR count). The van der Waals surface area contributed by atoms with Gasteiger partial charge in [-0.05, 0) is 6.90 Å². The molecule has 0 aromatic heterocycles. The zero-order chi connectivity index (χ0) is 10.1. The van der Waals surface area contributed by atoms with Gasteiger partial charge in [0.2, 0.25) is 0 Å². The summed E-state index contributed by atoms with van der Waals surface area (Å²) in [5.74, 6) is 0. The SMILES string of the molecule is [2H]C[C@]1(O)CN[C@H](CO)[C@@H](O)[C@@H]1O. The minimum Gasteiger partial charge on any atom is -0.395 e. The van der Waals surface area contributed by atoms with Crippen molar-refractivity contribution in [1.29, 1.82) is 0 Å². The zero-order valence-electron chi connectivity index (χ0n) is 7.64. The Balaban J connectivity index is 2.69. The molecule has 0 aromatic rings. The van der Waals surface area contributed by atoms with E-state index in [1.165, 1.54) is 0 Å². The molecule has 0 unspecified atom stereocenters. The Morgan fingerprint density at radius 3 is 2.83 bits per heavy atom. The number of β-amino-alcohol motifs (C(OH)–C–C–N with tert-alkyl or cyclic N) is 1. The first-order valence-electron chi connectivity index (χ1n) is 4.48. The Bertz CT molecular complexity index is 182. The number of rotatable bonds is 1. The Kier molecular flexibility index (Phi) is 2.29. The van der Waals surface area contributed by atoms with Gasteiger partial charge in [0.25, 0.3) is 0 Å². The van der Waals surface area contributed by atoms with Crippen molar-refractivity contribution in [2.75, 3.05) is 13.2 Å². The van der Waals surface area contributed by atoms with E-state index in [2.05, 4.69) is 5.32 Å². The second-order valence-electron chi connectivity index (χ2n) is 3.21. The number of hydrogen-bond donors (Lipinski definition) is 5. The monoisotopic (exact) mass is 178 g/mol. The van der Waals surface area contributed by atoms with Gasteiger partial charge in [-0.2, -0.15) is 0 Å². The average Bonchev–Trinajstić information content (AvgIpc) is 2.15. The van der Waals surface area contributed by atoms with Crippen LogP contribution in [0.1, 0.15) is 8.27 Å². The van der Waals surface area contributed by atoms with Crippen LogP contribution in [-0.2, 0) is 0 Å². The first-order valence-corrected chi connectivity index (χ1v) is 3.77. The van der Waals surface area contributed by atoms with Crippen LogP contribution in [0.25, 0.3) is 0 Å². The molecule has 0 aromatic carbocycles. The van der Waals surface area contributed by atoms with Crippen LogP contribution in [0.3, 0.4) is 0 Å². The van der Waals surface area contributed by atoms with Gasteiger partial charge in [0.1, 0.15) is 17.8 Å². The second kappa shape index (κ2) is 3.27. The minimum atomic E-state index is -1.62. The van der Waals surface area contributed by atoms with Gasteiger partial charge in [-0.25, -0.2) is 0 Å². The van der Waals surface area contributed by atoms with Crippen molar-refractivity contribution in [3.8, 4) is 0 Å². The molecule has 0 aliphatic carbocycles. The first-order chi connectivity index (χ1) is 6.05. The van der Waals surface area contributed by atoms with E-state index in [0.717, 1.165) is 0 Å². The third-order valence-corrected chi connectivity index (χ3v) is 2.15. The summed E-state index contributed by atoms with van der Waals surface area (Å²) in [6, 6.07) is -0.637. The highest BCUT2D eigenvalue weighted by Crippen LogP contribution is 2.19. The van der Waals surface area contributed by atoms with Crippen LogP contribution in [0, 0.1) is 0 Å². The maximum absolute atomic E-state index is 9.59. The summed E-state index contributed by atoms with van der Waals surface area (Å²) in [5.41, 5.74) is -1.62. The zero-order valence-corrected chi connectivity index (χ0v) is 6.64. The third kappa shape index (κ3) is 1.60. The molecule has 0 bridgehead atoms. The lowest BCUT2D eigenvalue weighted by Gasteiger charge is -2.41. The van der Waals surface area contributed by atoms with E-state index in [1.54, 1.807) is 0 Å². The van der Waals surface area contributed by atoms with E-state index in [0.29, 0.717) is 0 Å². The molecule has 1 fully saturated rings. The minimum absolute atomic E-state index is 0.0000463. The van der Waals surface area contributed by atoms with Gasteiger partial charge in [-0.1, -0.05) is 0 Å². The Morgan fingerprint density at radius 2 is 2.33 bits per heavy atom. The molecule has 1 aliphatic rings. The van der Waals surface area contributed by atoms with Crippen molar-refractivity contribution in [3.05, 3.63) is 0 Å². The van der Waals surface area contributed by atoms with Crippen LogP contribution in [0.4, 0.5) is 0 Å². The molecule has 1 aliphatic heterocycles. The molecule has 1 heterocycles. The van der Waals surface area contributed by atoms with E-state index in [9.17, 15) is 15.3 Å². The summed E-state index contributed by atoms with van der Waals surface area (Å²) in [6.07, 6.45) is -2.63. The molecule has 0 spiro atoms. The maximum Gasteiger partial charge on any atom is 0.111 e. The summed E-state index contributed by atoms with van der Waals surface area (Å²) < 4.78 is 7.01. The fraction of sp³-hybridized carbons (Fsp3) is 1.00. The average molecular weight is 178 g/mol. The number of hydrogen-bond acceptors (Lipinski definition) is 5. The Hall–Kier alpha value is -0.200. The normalized spacial score (nSPS) is 50.3. The molecule has 0 amide bonds. The van der Waals surface area contributed by atoms with Crippen molar-refractivity contribution in [2.45, 2.75) is 30.8 Å². The third-order valence-electron chi connectivity index (χ3n) is 2.15. The molecule has 1 saturated heterocycles. The van der Waals surface area contributed by atoms with Crippen LogP contribution in [-0.4, -0.2) is 57.4 Å². The van der Waals surface area contributed by atoms with Gasteiger partial charge >= 0.3 is 0 Å². The van der Waals surface area contributed by atoms with E-state index < -0.39 is 30.8 Å². The van der Waals surface area contributed by atoms with Gasteiger partial charge in [0.15, 0.2) is 0 Å². The standard InChI is InChI=1S/C7H15NO4/c1-7(12)3-8-4(2-9)5(10)6(7)11/h4-6,8-12H,2-3H2,1H3/t4-,5-,6+,7+/m1/s1/i1D. The van der Waals surface area contributed by atoms with Crippen molar-refractivity contribution in [3.63, 3.8) is 0 Å². The predicted octanol–water partition coefficient (Wildman–Crippen LogP) is -2.58. The van der Waals surface area contributed by atoms with Gasteiger partial charge in [0.05, 0.1) is 12.6 Å². The highest BCUT2D eigenvalue weighted by Gasteiger charge is 2.43. The molecule has 72 valence electrons. The fourth-order valence-electron chi connectivity index (χ4n) is 1.24. The molecule has 0 saturated carbocycles. The van der Waals surface area contributed by atoms with Crippen LogP contribution in [0.2, 0.25) is 0 Å². The van der Waals surface area contributed by atoms with Gasteiger partial charge in [0, 0.05) is 7.92 Å². The number of nitrogens with one attached hydrogen (secondary N) is 1. The maximum atomic E-state index is 9.59. The van der Waals surface area contributed by atoms with E-state index in [4.69, 9.17) is 6.48 Å². The van der Waals surface area contributed by atoms with Crippen molar-refractivity contribution in [2.24, 2.45) is 0 Å². The highest BCUT2D eigenvalue weighted by atomic mass is 16.4. The number of aliphatic hydroxyl groups is 4. The summed E-state index contributed by atoms with van der Waals surface area (Å²) in [6.45, 7) is -0.706. The van der Waals surface area contributed by atoms with Gasteiger partial charge in [-0.3, -0.25) is 0 Å². The van der Waals surface area contributed by atoms with Crippen molar-refractivity contribution < 1.29 is 21.8 Å². The molecule has 12 heavy (non-hydrogen) atoms. The fourth-order valence-corrected chi connectivity index (χ4v) is 1.24. The topological polar surface area (TPSA) is 93.0 Å². The molecule has 0 radical (unpaired) electrons. The first kappa shape index (κ1) is 8.40. The number of piperidine rings is 1. The molecular weight excluding hydrogens is 162 g/mol. The Morgan fingerprint density at radius 1 is 1.67 bits per heavy atom. The van der Waals surface area contributed by atoms with E-state index >= 15 is 0 Å². The summed E-state index contributed by atoms with van der Waals surface area (Å²) in [5, 5.41) is 39.8. The highest BCUT2D eigenvalue weighted by molar-refractivity contribution is 4.99. The van der Waals surface area contributed by atoms with Crippen LogP contribution in [0.15, 0.2) is 0 Å². The number of aliphatic hydroxyl groups excluding tert-OH is 3. The largest absolute Gasteiger partial charge is 0.395 e.